The molecule has 0 spiro atoms. The van der Waals surface area contributed by atoms with Gasteiger partial charge in [-0.15, -0.1) is 11.3 Å². The van der Waals surface area contributed by atoms with Crippen LogP contribution >= 0.6 is 11.3 Å². The first-order valence-corrected chi connectivity index (χ1v) is 8.84. The summed E-state index contributed by atoms with van der Waals surface area (Å²) in [6, 6.07) is 7.21. The first-order chi connectivity index (χ1) is 11.5. The molecule has 0 saturated carbocycles. The van der Waals surface area contributed by atoms with Gasteiger partial charge in [-0.25, -0.2) is 4.98 Å². The number of hydrogen-bond acceptors (Lipinski definition) is 4. The summed E-state index contributed by atoms with van der Waals surface area (Å²) in [4.78, 5) is 32.5. The maximum absolute atomic E-state index is 12.9. The number of nitrogens with zero attached hydrogens (tertiary/aromatic N) is 2. The van der Waals surface area contributed by atoms with Crippen molar-refractivity contribution in [2.45, 2.75) is 33.2 Å². The molecule has 24 heavy (non-hydrogen) atoms. The summed E-state index contributed by atoms with van der Waals surface area (Å²) >= 11 is 1.60. The van der Waals surface area contributed by atoms with Crippen molar-refractivity contribution in [1.82, 2.24) is 15.2 Å². The molecule has 0 radical (unpaired) electrons. The third kappa shape index (κ3) is 3.33. The Morgan fingerprint density at radius 1 is 1.38 bits per heavy atom. The summed E-state index contributed by atoms with van der Waals surface area (Å²) in [5.41, 5.74) is 2.74. The molecule has 2 aromatic rings. The minimum absolute atomic E-state index is 0.0512. The standard InChI is InChI=1S/C18H21N3O2S/c1-11-5-4-6-14(9-11)17-18(23)19-7-8-21(17)16(22)10-15-12(2)24-13(3)20-15/h4-6,9,17H,7-8,10H2,1-3H3,(H,19,23). The molecular formula is C18H21N3O2S. The monoisotopic (exact) mass is 343 g/mol. The third-order valence-electron chi connectivity index (χ3n) is 4.21. The van der Waals surface area contributed by atoms with Crippen molar-refractivity contribution in [3.8, 4) is 0 Å². The molecule has 1 fully saturated rings. The summed E-state index contributed by atoms with van der Waals surface area (Å²) in [6.45, 7) is 6.91. The molecule has 126 valence electrons. The number of thiazole rings is 1. The third-order valence-corrected chi connectivity index (χ3v) is 5.14. The fraction of sp³-hybridized carbons (Fsp3) is 0.389. The zero-order chi connectivity index (χ0) is 17.3. The average Bonchev–Trinajstić information content (AvgIpc) is 2.84. The second-order valence-corrected chi connectivity index (χ2v) is 7.51. The number of aryl methyl sites for hydroxylation is 3. The predicted octanol–water partition coefficient (Wildman–Crippen LogP) is 2.31. The second-order valence-electron chi connectivity index (χ2n) is 6.11. The van der Waals surface area contributed by atoms with Crippen LogP contribution < -0.4 is 5.32 Å². The number of aromatic nitrogens is 1. The molecular weight excluding hydrogens is 322 g/mol. The molecule has 3 rings (SSSR count). The molecule has 1 atom stereocenters. The molecule has 1 aliphatic rings. The van der Waals surface area contributed by atoms with Crippen molar-refractivity contribution in [3.63, 3.8) is 0 Å². The van der Waals surface area contributed by atoms with E-state index >= 15 is 0 Å². The van der Waals surface area contributed by atoms with Crippen LogP contribution in [0.3, 0.4) is 0 Å². The topological polar surface area (TPSA) is 62.3 Å². The normalized spacial score (nSPS) is 17.7. The lowest BCUT2D eigenvalue weighted by molar-refractivity contribution is -0.143. The van der Waals surface area contributed by atoms with Crippen LogP contribution in [0.15, 0.2) is 24.3 Å². The van der Waals surface area contributed by atoms with Crippen molar-refractivity contribution < 1.29 is 9.59 Å². The van der Waals surface area contributed by atoms with Gasteiger partial charge in [-0.05, 0) is 26.3 Å². The van der Waals surface area contributed by atoms with Gasteiger partial charge in [0.25, 0.3) is 0 Å². The smallest absolute Gasteiger partial charge is 0.247 e. The van der Waals surface area contributed by atoms with E-state index in [-0.39, 0.29) is 18.2 Å². The highest BCUT2D eigenvalue weighted by Crippen LogP contribution is 2.26. The van der Waals surface area contributed by atoms with Gasteiger partial charge >= 0.3 is 0 Å². The second kappa shape index (κ2) is 6.73. The van der Waals surface area contributed by atoms with Gasteiger partial charge in [-0.3, -0.25) is 9.59 Å². The van der Waals surface area contributed by atoms with Gasteiger partial charge < -0.3 is 10.2 Å². The zero-order valence-electron chi connectivity index (χ0n) is 14.1. The lowest BCUT2D eigenvalue weighted by Gasteiger charge is -2.35. The first-order valence-electron chi connectivity index (χ1n) is 8.02. The van der Waals surface area contributed by atoms with Crippen molar-refractivity contribution in [1.29, 1.82) is 0 Å². The highest BCUT2D eigenvalue weighted by Gasteiger charge is 2.34. The van der Waals surface area contributed by atoms with Gasteiger partial charge in [-0.2, -0.15) is 0 Å². The lowest BCUT2D eigenvalue weighted by atomic mass is 10.00. The number of carbonyl (C=O) groups excluding carboxylic acids is 2. The van der Waals surface area contributed by atoms with Crippen LogP contribution in [-0.4, -0.2) is 34.8 Å². The quantitative estimate of drug-likeness (QED) is 0.930. The summed E-state index contributed by atoms with van der Waals surface area (Å²) in [7, 11) is 0. The summed E-state index contributed by atoms with van der Waals surface area (Å²) in [5.74, 6) is -0.170. The number of hydrogen-bond donors (Lipinski definition) is 1. The summed E-state index contributed by atoms with van der Waals surface area (Å²) in [6.07, 6.45) is 0.242. The first kappa shape index (κ1) is 16.6. The molecule has 5 nitrogen and oxygen atoms in total. The molecule has 2 amide bonds. The van der Waals surface area contributed by atoms with Crippen LogP contribution in [0.4, 0.5) is 0 Å². The Kier molecular flexibility index (Phi) is 4.66. The number of benzene rings is 1. The highest BCUT2D eigenvalue weighted by atomic mass is 32.1. The van der Waals surface area contributed by atoms with Gasteiger partial charge in [-0.1, -0.05) is 29.8 Å². The lowest BCUT2D eigenvalue weighted by Crippen LogP contribution is -2.52. The van der Waals surface area contributed by atoms with E-state index in [4.69, 9.17) is 0 Å². The predicted molar refractivity (Wildman–Crippen MR) is 93.9 cm³/mol. The van der Waals surface area contributed by atoms with Crippen LogP contribution in [0.1, 0.15) is 32.7 Å². The Labute approximate surface area is 145 Å². The molecule has 1 unspecified atom stereocenters. The molecule has 1 saturated heterocycles. The molecule has 1 aliphatic heterocycles. The van der Waals surface area contributed by atoms with Crippen LogP contribution in [0.5, 0.6) is 0 Å². The van der Waals surface area contributed by atoms with E-state index < -0.39 is 6.04 Å². The fourth-order valence-corrected chi connectivity index (χ4v) is 3.92. The van der Waals surface area contributed by atoms with E-state index in [0.29, 0.717) is 13.1 Å². The number of piperazine rings is 1. The maximum Gasteiger partial charge on any atom is 0.247 e. The highest BCUT2D eigenvalue weighted by molar-refractivity contribution is 7.11. The Bertz CT molecular complexity index is 784. The molecule has 2 heterocycles. The minimum Gasteiger partial charge on any atom is -0.352 e. The van der Waals surface area contributed by atoms with Crippen LogP contribution in [-0.2, 0) is 16.0 Å². The molecule has 1 aromatic heterocycles. The minimum atomic E-state index is -0.564. The Balaban J connectivity index is 1.87. The number of nitrogens with one attached hydrogen (secondary N) is 1. The Morgan fingerprint density at radius 2 is 2.17 bits per heavy atom. The summed E-state index contributed by atoms with van der Waals surface area (Å²) in [5, 5.41) is 3.83. The largest absolute Gasteiger partial charge is 0.352 e. The number of carbonyl (C=O) groups is 2. The van der Waals surface area contributed by atoms with Gasteiger partial charge in [0, 0.05) is 18.0 Å². The van der Waals surface area contributed by atoms with E-state index in [1.165, 1.54) is 0 Å². The molecule has 6 heteroatoms. The number of amides is 2. The maximum atomic E-state index is 12.9. The van der Waals surface area contributed by atoms with Gasteiger partial charge in [0.15, 0.2) is 0 Å². The van der Waals surface area contributed by atoms with Crippen molar-refractivity contribution >= 4 is 23.2 Å². The van der Waals surface area contributed by atoms with Crippen LogP contribution in [0.25, 0.3) is 0 Å². The van der Waals surface area contributed by atoms with Crippen molar-refractivity contribution in [2.75, 3.05) is 13.1 Å². The SMILES string of the molecule is Cc1cccc(C2C(=O)NCCN2C(=O)Cc2nc(C)sc2C)c1. The van der Waals surface area contributed by atoms with Gasteiger partial charge in [0.2, 0.25) is 11.8 Å². The van der Waals surface area contributed by atoms with Crippen molar-refractivity contribution in [2.24, 2.45) is 0 Å². The van der Waals surface area contributed by atoms with Crippen LogP contribution in [0, 0.1) is 20.8 Å². The molecule has 0 bridgehead atoms. The average molecular weight is 343 g/mol. The number of rotatable bonds is 3. The van der Waals surface area contributed by atoms with E-state index in [2.05, 4.69) is 10.3 Å². The zero-order valence-corrected chi connectivity index (χ0v) is 14.9. The van der Waals surface area contributed by atoms with Crippen molar-refractivity contribution in [3.05, 3.63) is 51.0 Å². The van der Waals surface area contributed by atoms with Crippen LogP contribution in [0.2, 0.25) is 0 Å². The van der Waals surface area contributed by atoms with E-state index in [1.807, 2.05) is 45.0 Å². The molecule has 0 aliphatic carbocycles. The van der Waals surface area contributed by atoms with E-state index in [0.717, 1.165) is 26.7 Å². The Morgan fingerprint density at radius 3 is 2.83 bits per heavy atom. The molecule has 1 N–H and O–H groups in total. The van der Waals surface area contributed by atoms with Gasteiger partial charge in [0.1, 0.15) is 6.04 Å². The molecule has 1 aromatic carbocycles. The fourth-order valence-electron chi connectivity index (χ4n) is 3.09. The van der Waals surface area contributed by atoms with E-state index in [9.17, 15) is 9.59 Å². The Hall–Kier alpha value is -2.21. The van der Waals surface area contributed by atoms with Gasteiger partial charge in [0.05, 0.1) is 17.1 Å². The van der Waals surface area contributed by atoms with E-state index in [1.54, 1.807) is 16.2 Å². The summed E-state index contributed by atoms with van der Waals surface area (Å²) < 4.78 is 0.